The molecule has 0 bridgehead atoms. The highest BCUT2D eigenvalue weighted by Crippen LogP contribution is 2.21. The highest BCUT2D eigenvalue weighted by Gasteiger charge is 2.16. The van der Waals surface area contributed by atoms with E-state index in [1.54, 1.807) is 0 Å². The molecule has 136 valence electrons. The first-order valence-electron chi connectivity index (χ1n) is 9.55. The van der Waals surface area contributed by atoms with Gasteiger partial charge < -0.3 is 4.30 Å². The Bertz CT molecular complexity index is 926. The molecule has 0 saturated carbocycles. The maximum Gasteiger partial charge on any atom is 0.412 e. The van der Waals surface area contributed by atoms with Gasteiger partial charge >= 0.3 is 14.4 Å². The first kappa shape index (κ1) is 19.4. The SMILES string of the molecule is Cc1ccccc1N=Cc1ccccc1[CH2][Al]([CH3])[NH]c1c(C)cccc1C. The molecule has 0 heterocycles. The van der Waals surface area contributed by atoms with Crippen LogP contribution < -0.4 is 4.30 Å². The van der Waals surface area contributed by atoms with Crippen molar-refractivity contribution in [2.24, 2.45) is 4.99 Å². The van der Waals surface area contributed by atoms with Crippen LogP contribution in [0.3, 0.4) is 0 Å². The topological polar surface area (TPSA) is 24.4 Å². The van der Waals surface area contributed by atoms with Crippen molar-refractivity contribution in [3.63, 3.8) is 0 Å². The lowest BCUT2D eigenvalue weighted by Crippen LogP contribution is -2.25. The van der Waals surface area contributed by atoms with Gasteiger partial charge in [0.1, 0.15) is 0 Å². The number of nitrogens with zero attached hydrogens (tertiary/aromatic N) is 1. The first-order valence-corrected chi connectivity index (χ1v) is 12.1. The second-order valence-corrected chi connectivity index (χ2v) is 9.76. The summed E-state index contributed by atoms with van der Waals surface area (Å²) < 4.78 is 3.83. The Morgan fingerprint density at radius 3 is 2.19 bits per heavy atom. The lowest BCUT2D eigenvalue weighted by atomic mass is 10.1. The normalized spacial score (nSPS) is 11.0. The summed E-state index contributed by atoms with van der Waals surface area (Å²) in [5.41, 5.74) is 8.77. The summed E-state index contributed by atoms with van der Waals surface area (Å²) in [6, 6.07) is 23.3. The van der Waals surface area contributed by atoms with Crippen LogP contribution in [0, 0.1) is 20.8 Å². The number of rotatable bonds is 6. The minimum atomic E-state index is -1.16. The van der Waals surface area contributed by atoms with Gasteiger partial charge in [-0.15, -0.1) is 0 Å². The molecular formula is C24H27AlN2. The zero-order valence-corrected chi connectivity index (χ0v) is 17.8. The maximum atomic E-state index is 4.73. The molecule has 0 spiro atoms. The van der Waals surface area contributed by atoms with Gasteiger partial charge in [-0.2, -0.15) is 0 Å². The second-order valence-electron chi connectivity index (χ2n) is 7.26. The zero-order chi connectivity index (χ0) is 19.2. The Morgan fingerprint density at radius 2 is 1.44 bits per heavy atom. The van der Waals surface area contributed by atoms with Gasteiger partial charge in [-0.05, 0) is 54.4 Å². The summed E-state index contributed by atoms with van der Waals surface area (Å²) in [6.07, 6.45) is 2.01. The van der Waals surface area contributed by atoms with E-state index in [1.165, 1.54) is 33.5 Å². The van der Waals surface area contributed by atoms with Crippen LogP contribution in [0.2, 0.25) is 5.79 Å². The smallest absolute Gasteiger partial charge is 0.412 e. The van der Waals surface area contributed by atoms with Crippen LogP contribution in [0.5, 0.6) is 0 Å². The minimum Gasteiger partial charge on any atom is -0.476 e. The van der Waals surface area contributed by atoms with E-state index < -0.39 is 14.4 Å². The molecule has 0 radical (unpaired) electrons. The highest BCUT2D eigenvalue weighted by atomic mass is 27.2. The first-order chi connectivity index (χ1) is 13.0. The molecule has 1 N–H and O–H groups in total. The van der Waals surface area contributed by atoms with E-state index in [-0.39, 0.29) is 0 Å². The molecule has 3 rings (SSSR count). The van der Waals surface area contributed by atoms with E-state index in [0.29, 0.717) is 0 Å². The van der Waals surface area contributed by atoms with E-state index in [9.17, 15) is 0 Å². The number of nitrogens with one attached hydrogen (secondary N) is 1. The standard InChI is InChI=1S/C15H14N.C8H10N.CH3.Al/c1-12-7-3-5-9-14(12)11-16-15-10-6-4-8-13(15)2;1-6-4-3-5-7(2)8(6)9;;/h3-11H,1H2,2H3;3-5,9H,1-2H3;1H3;/q;-1;;+1. The maximum absolute atomic E-state index is 4.73. The van der Waals surface area contributed by atoms with Crippen molar-refractivity contribution in [2.45, 2.75) is 31.8 Å². The molecule has 0 aromatic heterocycles. The van der Waals surface area contributed by atoms with Crippen LogP contribution in [0.25, 0.3) is 0 Å². The summed E-state index contributed by atoms with van der Waals surface area (Å²) in [4.78, 5) is 4.73. The molecule has 0 aliphatic heterocycles. The van der Waals surface area contributed by atoms with Crippen molar-refractivity contribution in [3.8, 4) is 0 Å². The number of anilines is 1. The van der Waals surface area contributed by atoms with E-state index in [2.05, 4.69) is 91.5 Å². The van der Waals surface area contributed by atoms with Gasteiger partial charge in [-0.25, -0.2) is 0 Å². The second kappa shape index (κ2) is 9.04. The van der Waals surface area contributed by atoms with E-state index >= 15 is 0 Å². The molecule has 3 aromatic carbocycles. The molecule has 0 atom stereocenters. The van der Waals surface area contributed by atoms with Crippen LogP contribution in [-0.4, -0.2) is 20.6 Å². The zero-order valence-electron chi connectivity index (χ0n) is 16.7. The Labute approximate surface area is 167 Å². The third-order valence-corrected chi connectivity index (χ3v) is 6.74. The predicted molar refractivity (Wildman–Crippen MR) is 120 cm³/mol. The van der Waals surface area contributed by atoms with Crippen LogP contribution in [0.4, 0.5) is 11.4 Å². The molecule has 0 fully saturated rings. The lowest BCUT2D eigenvalue weighted by Gasteiger charge is -2.17. The van der Waals surface area contributed by atoms with E-state index in [4.69, 9.17) is 4.99 Å². The average Bonchev–Trinajstić information content (AvgIpc) is 2.65. The molecule has 0 aliphatic rings. The molecular weight excluding hydrogens is 343 g/mol. The van der Waals surface area contributed by atoms with E-state index in [0.717, 1.165) is 11.0 Å². The molecule has 3 heteroatoms. The summed E-state index contributed by atoms with van der Waals surface area (Å²) in [5, 5.41) is 1.09. The van der Waals surface area contributed by atoms with Crippen molar-refractivity contribution in [3.05, 3.63) is 94.5 Å². The van der Waals surface area contributed by atoms with Gasteiger partial charge in [-0.1, -0.05) is 72.0 Å². The Kier molecular flexibility index (Phi) is 6.50. The molecule has 2 nitrogen and oxygen atoms in total. The number of aryl methyl sites for hydroxylation is 3. The number of hydrogen-bond donors (Lipinski definition) is 1. The summed E-state index contributed by atoms with van der Waals surface area (Å²) in [5.74, 6) is 2.38. The molecule has 0 saturated heterocycles. The fraction of sp³-hybridized carbons (Fsp3) is 0.208. The number of para-hydroxylation sites is 2. The van der Waals surface area contributed by atoms with Crippen molar-refractivity contribution < 1.29 is 0 Å². The van der Waals surface area contributed by atoms with Gasteiger partial charge in [0, 0.05) is 11.9 Å². The van der Waals surface area contributed by atoms with Gasteiger partial charge in [-0.3, -0.25) is 4.99 Å². The number of aliphatic imine (C=N–C) groups is 1. The third kappa shape index (κ3) is 5.10. The minimum absolute atomic E-state index is 1.03. The third-order valence-electron chi connectivity index (χ3n) is 4.91. The fourth-order valence-electron chi connectivity index (χ4n) is 3.36. The molecule has 0 aliphatic carbocycles. The van der Waals surface area contributed by atoms with Gasteiger partial charge in [0.05, 0.1) is 5.69 Å². The Balaban J connectivity index is 1.77. The van der Waals surface area contributed by atoms with Crippen LogP contribution >= 0.6 is 0 Å². The van der Waals surface area contributed by atoms with Crippen molar-refractivity contribution in [1.82, 2.24) is 0 Å². The Hall–Kier alpha value is -2.34. The number of benzene rings is 3. The number of hydrogen-bond acceptors (Lipinski definition) is 2. The van der Waals surface area contributed by atoms with E-state index in [1.807, 2.05) is 12.3 Å². The molecule has 27 heavy (non-hydrogen) atoms. The molecule has 0 amide bonds. The van der Waals surface area contributed by atoms with Gasteiger partial charge in [0.25, 0.3) is 0 Å². The molecule has 0 unspecified atom stereocenters. The summed E-state index contributed by atoms with van der Waals surface area (Å²) in [7, 11) is 0. The van der Waals surface area contributed by atoms with Crippen LogP contribution in [0.15, 0.2) is 71.7 Å². The average molecular weight is 370 g/mol. The highest BCUT2D eigenvalue weighted by molar-refractivity contribution is 6.60. The largest absolute Gasteiger partial charge is 0.476 e. The summed E-state index contributed by atoms with van der Waals surface area (Å²) >= 11 is -1.16. The van der Waals surface area contributed by atoms with Crippen LogP contribution in [0.1, 0.15) is 27.8 Å². The summed E-state index contributed by atoms with van der Waals surface area (Å²) in [6.45, 7) is 6.46. The van der Waals surface area contributed by atoms with Crippen LogP contribution in [-0.2, 0) is 5.28 Å². The fourth-order valence-corrected chi connectivity index (χ4v) is 5.44. The lowest BCUT2D eigenvalue weighted by molar-refractivity contribution is 1.31. The van der Waals surface area contributed by atoms with Crippen molar-refractivity contribution in [1.29, 1.82) is 0 Å². The van der Waals surface area contributed by atoms with Crippen molar-refractivity contribution >= 4 is 32.0 Å². The quantitative estimate of drug-likeness (QED) is 0.407. The monoisotopic (exact) mass is 370 g/mol. The molecule has 3 aromatic rings. The Morgan fingerprint density at radius 1 is 0.815 bits per heavy atom. The van der Waals surface area contributed by atoms with Gasteiger partial charge in [0.2, 0.25) is 0 Å². The van der Waals surface area contributed by atoms with Crippen molar-refractivity contribution in [2.75, 3.05) is 4.30 Å². The predicted octanol–water partition coefficient (Wildman–Crippen LogP) is 6.18. The van der Waals surface area contributed by atoms with Gasteiger partial charge in [0.15, 0.2) is 0 Å².